The lowest BCUT2D eigenvalue weighted by Gasteiger charge is -2.62. The van der Waals surface area contributed by atoms with Crippen molar-refractivity contribution in [1.29, 1.82) is 0 Å². The van der Waals surface area contributed by atoms with Crippen LogP contribution in [0.4, 0.5) is 0 Å². The summed E-state index contributed by atoms with van der Waals surface area (Å²) >= 11 is 0.195. The summed E-state index contributed by atoms with van der Waals surface area (Å²) in [6.07, 6.45) is -3.64. The quantitative estimate of drug-likeness (QED) is 0.0415. The number of fused-ring (bicyclic) bond motifs is 3. The third kappa shape index (κ3) is 7.43. The summed E-state index contributed by atoms with van der Waals surface area (Å²) in [7, 11) is 0. The van der Waals surface area contributed by atoms with Crippen LogP contribution < -0.4 is 10.5 Å². The smallest absolute Gasteiger partial charge is 0.306 e. The van der Waals surface area contributed by atoms with Crippen LogP contribution in [0.3, 0.4) is 0 Å². The molecule has 8 unspecified atom stereocenters. The first-order valence-electron chi connectivity index (χ1n) is 16.2. The molecule has 5 aliphatic rings. The number of hydrogen-bond acceptors (Lipinski definition) is 17. The number of aliphatic hydroxyl groups excluding tert-OH is 2. The molecule has 16 nitrogen and oxygen atoms in total. The van der Waals surface area contributed by atoms with Crippen molar-refractivity contribution in [3.8, 4) is 0 Å². The molecule has 5 rings (SSSR count). The molecule has 48 heavy (non-hydrogen) atoms. The van der Waals surface area contributed by atoms with Gasteiger partial charge >= 0.3 is 11.9 Å². The van der Waals surface area contributed by atoms with Crippen LogP contribution in [0.15, 0.2) is 12.2 Å². The van der Waals surface area contributed by atoms with Crippen molar-refractivity contribution in [2.75, 3.05) is 6.61 Å². The molecule has 1 spiro atoms. The van der Waals surface area contributed by atoms with Gasteiger partial charge in [0.2, 0.25) is 0 Å². The van der Waals surface area contributed by atoms with Gasteiger partial charge in [-0.05, 0) is 79.6 Å². The number of esters is 1. The van der Waals surface area contributed by atoms with Crippen molar-refractivity contribution >= 4 is 36.6 Å². The van der Waals surface area contributed by atoms with Crippen LogP contribution in [0, 0.1) is 40.4 Å². The number of carboxylic acid groups (broad SMARTS) is 1. The average molecular weight is 725 g/mol. The molecule has 0 radical (unpaired) electrons. The van der Waals surface area contributed by atoms with Crippen LogP contribution in [0.2, 0.25) is 0 Å². The lowest BCUT2D eigenvalue weighted by Crippen LogP contribution is -2.63. The molecule has 0 aromatic carbocycles. The molecule has 4 aliphatic carbocycles. The van der Waals surface area contributed by atoms with E-state index in [0.717, 1.165) is 31.3 Å². The van der Waals surface area contributed by atoms with Gasteiger partial charge in [0, 0.05) is 11.8 Å². The van der Waals surface area contributed by atoms with Gasteiger partial charge in [-0.3, -0.25) is 28.0 Å². The normalized spacial score (nSPS) is 42.3. The Bertz CT molecular complexity index is 1150. The van der Waals surface area contributed by atoms with Crippen LogP contribution in [-0.4, -0.2) is 76.8 Å². The first kappa shape index (κ1) is 38.1. The average Bonchev–Trinajstić information content (AvgIpc) is 3.21. The molecule has 1 saturated heterocycles. The van der Waals surface area contributed by atoms with Crippen molar-refractivity contribution < 1.29 is 76.7 Å². The number of aliphatic hydroxyl groups is 2. The molecular formula is C30H44O16S2-2. The van der Waals surface area contributed by atoms with E-state index < -0.39 is 72.8 Å². The Labute approximate surface area is 287 Å². The highest BCUT2D eigenvalue weighted by Gasteiger charge is 2.67. The Kier molecular flexibility index (Phi) is 12.8. The van der Waals surface area contributed by atoms with E-state index >= 15 is 0 Å². The maximum Gasteiger partial charge on any atom is 0.306 e. The molecule has 0 aromatic heterocycles. The van der Waals surface area contributed by atoms with Gasteiger partial charge in [0.25, 0.3) is 0 Å². The molecule has 0 amide bonds. The van der Waals surface area contributed by atoms with E-state index in [1.807, 2.05) is 13.8 Å². The molecule has 0 aromatic rings. The number of carboxylic acids is 1. The van der Waals surface area contributed by atoms with E-state index in [4.69, 9.17) is 22.6 Å². The second-order valence-electron chi connectivity index (χ2n) is 14.3. The molecule has 3 N–H and O–H groups in total. The highest BCUT2D eigenvalue weighted by atomic mass is 32.2. The third-order valence-electron chi connectivity index (χ3n) is 11.4. The number of rotatable bonds is 15. The van der Waals surface area contributed by atoms with Crippen LogP contribution >= 0.6 is 24.6 Å². The predicted molar refractivity (Wildman–Crippen MR) is 159 cm³/mol. The number of ether oxygens (including phenoxy) is 3. The van der Waals surface area contributed by atoms with Crippen LogP contribution in [-0.2, 0) is 50.9 Å². The minimum Gasteiger partial charge on any atom is -0.691 e. The standard InChI is InChI=1S/C30H46O16S2/c1-14(2)9-22(32)40-25-24(42-48-46-44-37)23(41-47-45-43-36)20(13-31)39-28(25)38-17-10-18(27(34)35)19-7-8-30-11-16(15(3)26(30)33)5-6-21(30)29(19,4)12-17/h14,16-21,23-26,28,31,33,36-37H,3,5-13H2,1-2,4H3,(H,34,35)/p-2/t16?,17?,18?,19?,20-,21?,23+,24+,25?,26-,28+,29?,30?/m0/s1. The molecule has 274 valence electrons. The Balaban J connectivity index is 1.46. The van der Waals surface area contributed by atoms with E-state index in [-0.39, 0.29) is 66.6 Å². The summed E-state index contributed by atoms with van der Waals surface area (Å²) in [6.45, 7) is 9.27. The van der Waals surface area contributed by atoms with Gasteiger partial charge in [-0.15, -0.1) is 8.67 Å². The van der Waals surface area contributed by atoms with Gasteiger partial charge in [-0.25, -0.2) is 0 Å². The molecule has 1 aliphatic heterocycles. The summed E-state index contributed by atoms with van der Waals surface area (Å²) in [4.78, 5) is 25.8. The summed E-state index contributed by atoms with van der Waals surface area (Å²) in [5.74, 6) is -2.34. The van der Waals surface area contributed by atoms with E-state index in [0.29, 0.717) is 12.8 Å². The van der Waals surface area contributed by atoms with E-state index in [2.05, 4.69) is 32.2 Å². The highest BCUT2D eigenvalue weighted by molar-refractivity contribution is 7.90. The van der Waals surface area contributed by atoms with Crippen molar-refractivity contribution in [2.24, 2.45) is 40.4 Å². The van der Waals surface area contributed by atoms with Crippen LogP contribution in [0.1, 0.15) is 72.1 Å². The number of carbonyl (C=O) groups excluding carboxylic acids is 1. The minimum absolute atomic E-state index is 0.00271. The fourth-order valence-corrected chi connectivity index (χ4v) is 10.4. The summed E-state index contributed by atoms with van der Waals surface area (Å²) in [5, 5.41) is 59.9. The first-order chi connectivity index (χ1) is 22.9. The minimum atomic E-state index is -1.41. The lowest BCUT2D eigenvalue weighted by atomic mass is 9.43. The van der Waals surface area contributed by atoms with Crippen molar-refractivity contribution in [1.82, 2.24) is 0 Å². The SMILES string of the molecule is C=C1C2CCC3C4(C)CC(O[C@@H]5O[C@@H](CO)[C@@H](OSOO[O-])[C@@H](OSOO[O-])C5OC(=O)CC(C)C)CC(C(=O)O)C4CCC3(C2)[C@H]1O. The monoisotopic (exact) mass is 724 g/mol. The van der Waals surface area contributed by atoms with Crippen LogP contribution in [0.25, 0.3) is 0 Å². The Hall–Kier alpha value is -1.10. The van der Waals surface area contributed by atoms with Gasteiger partial charge in [-0.2, -0.15) is 0 Å². The largest absolute Gasteiger partial charge is 0.691 e. The van der Waals surface area contributed by atoms with Gasteiger partial charge in [-0.1, -0.05) is 27.4 Å². The van der Waals surface area contributed by atoms with Crippen LogP contribution in [0.5, 0.6) is 0 Å². The highest BCUT2D eigenvalue weighted by Crippen LogP contribution is 2.70. The topological polar surface area (TPSA) is 224 Å². The summed E-state index contributed by atoms with van der Waals surface area (Å²) in [6, 6.07) is 0. The maximum absolute atomic E-state index is 13.0. The molecule has 5 fully saturated rings. The summed E-state index contributed by atoms with van der Waals surface area (Å²) < 4.78 is 38.0. The zero-order valence-corrected chi connectivity index (χ0v) is 28.6. The third-order valence-corrected chi connectivity index (χ3v) is 12.3. The summed E-state index contributed by atoms with van der Waals surface area (Å²) in [5.41, 5.74) is -0.0441. The van der Waals surface area contributed by atoms with Crippen molar-refractivity contribution in [2.45, 2.75) is 115 Å². The van der Waals surface area contributed by atoms with Crippen molar-refractivity contribution in [3.05, 3.63) is 12.2 Å². The molecule has 1 heterocycles. The van der Waals surface area contributed by atoms with E-state index in [9.17, 15) is 35.4 Å². The molecule has 18 heteroatoms. The lowest BCUT2D eigenvalue weighted by molar-refractivity contribution is -0.778. The van der Waals surface area contributed by atoms with E-state index in [1.165, 1.54) is 0 Å². The second-order valence-corrected chi connectivity index (χ2v) is 15.3. The molecule has 2 bridgehead atoms. The van der Waals surface area contributed by atoms with E-state index in [1.54, 1.807) is 0 Å². The molecule has 4 saturated carbocycles. The molecule has 13 atom stereocenters. The number of hydrogen-bond donors (Lipinski definition) is 3. The Morgan fingerprint density at radius 2 is 1.75 bits per heavy atom. The zero-order valence-electron chi connectivity index (χ0n) is 27.0. The fraction of sp³-hybridized carbons (Fsp3) is 0.867. The number of aliphatic carboxylic acids is 1. The molecular weight excluding hydrogens is 680 g/mol. The first-order valence-corrected chi connectivity index (χ1v) is 17.5. The van der Waals surface area contributed by atoms with Crippen molar-refractivity contribution in [3.63, 3.8) is 0 Å². The number of carbonyl (C=O) groups is 2. The van der Waals surface area contributed by atoms with Gasteiger partial charge in [0.15, 0.2) is 37.0 Å². The zero-order chi connectivity index (χ0) is 34.8. The van der Waals surface area contributed by atoms with Gasteiger partial charge < -0.3 is 40.0 Å². The predicted octanol–water partition coefficient (Wildman–Crippen LogP) is 1.63. The second kappa shape index (κ2) is 16.1. The Morgan fingerprint density at radius 1 is 1.06 bits per heavy atom. The van der Waals surface area contributed by atoms with Gasteiger partial charge in [0.1, 0.15) is 18.3 Å². The maximum atomic E-state index is 13.0. The van der Waals surface area contributed by atoms with Gasteiger partial charge in [0.05, 0.1) is 24.7 Å². The Morgan fingerprint density at radius 3 is 2.38 bits per heavy atom. The fourth-order valence-electron chi connectivity index (χ4n) is 9.69.